The van der Waals surface area contributed by atoms with Gasteiger partial charge in [-0.2, -0.15) is 5.10 Å². The minimum atomic E-state index is -0.278. The van der Waals surface area contributed by atoms with E-state index in [0.717, 1.165) is 17.7 Å². The highest BCUT2D eigenvalue weighted by Gasteiger charge is 2.22. The fourth-order valence-corrected chi connectivity index (χ4v) is 1.97. The first-order valence-electron chi connectivity index (χ1n) is 6.32. The van der Waals surface area contributed by atoms with Gasteiger partial charge in [0.25, 0.3) is 0 Å². The summed E-state index contributed by atoms with van der Waals surface area (Å²) in [4.78, 5) is 11.6. The molecule has 0 amide bonds. The van der Waals surface area contributed by atoms with Crippen molar-refractivity contribution in [2.45, 2.75) is 39.8 Å². The van der Waals surface area contributed by atoms with Crippen molar-refractivity contribution in [3.63, 3.8) is 0 Å². The van der Waals surface area contributed by atoms with Gasteiger partial charge in [-0.25, -0.2) is 0 Å². The lowest BCUT2D eigenvalue weighted by Crippen LogP contribution is -2.41. The van der Waals surface area contributed by atoms with E-state index >= 15 is 0 Å². The van der Waals surface area contributed by atoms with Gasteiger partial charge in [0.15, 0.2) is 0 Å². The third-order valence-corrected chi connectivity index (χ3v) is 2.96. The Hall–Kier alpha value is -1.36. The van der Waals surface area contributed by atoms with Crippen molar-refractivity contribution in [1.82, 2.24) is 15.1 Å². The molecule has 1 aromatic rings. The summed E-state index contributed by atoms with van der Waals surface area (Å²) in [5, 5.41) is 7.62. The number of ether oxygens (including phenoxy) is 1. The Morgan fingerprint density at radius 1 is 1.56 bits per heavy atom. The first kappa shape index (κ1) is 14.7. The summed E-state index contributed by atoms with van der Waals surface area (Å²) in [6.45, 7) is 6.71. The predicted molar refractivity (Wildman–Crippen MR) is 70.1 cm³/mol. The van der Waals surface area contributed by atoms with Gasteiger partial charge >= 0.3 is 5.97 Å². The number of carbonyl (C=O) groups is 1. The third kappa shape index (κ3) is 3.57. The Bertz CT molecular complexity index is 399. The number of hydrogen-bond acceptors (Lipinski definition) is 4. The molecule has 1 rings (SSSR count). The second-order valence-corrected chi connectivity index (χ2v) is 4.75. The van der Waals surface area contributed by atoms with Crippen molar-refractivity contribution in [3.8, 4) is 0 Å². The topological polar surface area (TPSA) is 56.2 Å². The standard InChI is InChI=1S/C13H23N3O2/c1-6-11-10(8-16(4)15-11)7-14-12(9(2)3)13(17)18-5/h8-9,12,14H,6-7H2,1-5H3. The van der Waals surface area contributed by atoms with Crippen LogP contribution in [0, 0.1) is 5.92 Å². The summed E-state index contributed by atoms with van der Waals surface area (Å²) >= 11 is 0. The highest BCUT2D eigenvalue weighted by molar-refractivity contribution is 5.75. The highest BCUT2D eigenvalue weighted by atomic mass is 16.5. The molecule has 0 aliphatic carbocycles. The molecular weight excluding hydrogens is 230 g/mol. The molecule has 0 aliphatic rings. The summed E-state index contributed by atoms with van der Waals surface area (Å²) in [5.41, 5.74) is 2.20. The SMILES string of the molecule is CCc1nn(C)cc1CNC(C(=O)OC)C(C)C. The van der Waals surface area contributed by atoms with Gasteiger partial charge in [0.05, 0.1) is 12.8 Å². The number of hydrogen-bond donors (Lipinski definition) is 1. The normalized spacial score (nSPS) is 12.8. The van der Waals surface area contributed by atoms with Gasteiger partial charge in [0, 0.05) is 25.4 Å². The molecule has 0 fully saturated rings. The number of rotatable bonds is 6. The summed E-state index contributed by atoms with van der Waals surface area (Å²) in [5.74, 6) is -0.0221. The summed E-state index contributed by atoms with van der Waals surface area (Å²) in [7, 11) is 3.32. The lowest BCUT2D eigenvalue weighted by molar-refractivity contribution is -0.144. The van der Waals surface area contributed by atoms with Crippen LogP contribution in [0.4, 0.5) is 0 Å². The smallest absolute Gasteiger partial charge is 0.323 e. The van der Waals surface area contributed by atoms with Gasteiger partial charge in [-0.1, -0.05) is 20.8 Å². The Morgan fingerprint density at radius 2 is 2.22 bits per heavy atom. The van der Waals surface area contributed by atoms with Gasteiger partial charge in [0.2, 0.25) is 0 Å². The van der Waals surface area contributed by atoms with E-state index in [1.807, 2.05) is 27.1 Å². The molecule has 102 valence electrons. The van der Waals surface area contributed by atoms with E-state index in [2.05, 4.69) is 17.3 Å². The fraction of sp³-hybridized carbons (Fsp3) is 0.692. The minimum absolute atomic E-state index is 0.194. The maximum absolute atomic E-state index is 11.6. The molecule has 0 saturated carbocycles. The second-order valence-electron chi connectivity index (χ2n) is 4.75. The van der Waals surface area contributed by atoms with Crippen molar-refractivity contribution in [2.75, 3.05) is 7.11 Å². The molecule has 0 aromatic carbocycles. The molecule has 1 aromatic heterocycles. The lowest BCUT2D eigenvalue weighted by atomic mass is 10.0. The average molecular weight is 253 g/mol. The van der Waals surface area contributed by atoms with Gasteiger partial charge in [-0.3, -0.25) is 14.8 Å². The first-order chi connectivity index (χ1) is 8.49. The van der Waals surface area contributed by atoms with Gasteiger partial charge < -0.3 is 4.74 Å². The third-order valence-electron chi connectivity index (χ3n) is 2.96. The number of aromatic nitrogens is 2. The van der Waals surface area contributed by atoms with E-state index in [4.69, 9.17) is 4.74 Å². The maximum Gasteiger partial charge on any atom is 0.323 e. The van der Waals surface area contributed by atoms with E-state index in [0.29, 0.717) is 6.54 Å². The average Bonchev–Trinajstić information content (AvgIpc) is 2.69. The van der Waals surface area contributed by atoms with Crippen LogP contribution in [0.25, 0.3) is 0 Å². The van der Waals surface area contributed by atoms with Gasteiger partial charge in [-0.05, 0) is 12.3 Å². The molecule has 0 radical (unpaired) electrons. The van der Waals surface area contributed by atoms with Crippen molar-refractivity contribution in [2.24, 2.45) is 13.0 Å². The van der Waals surface area contributed by atoms with Crippen LogP contribution < -0.4 is 5.32 Å². The van der Waals surface area contributed by atoms with Crippen LogP contribution in [0.15, 0.2) is 6.20 Å². The van der Waals surface area contributed by atoms with Crippen LogP contribution in [-0.4, -0.2) is 28.9 Å². The zero-order chi connectivity index (χ0) is 13.7. The van der Waals surface area contributed by atoms with Gasteiger partial charge in [-0.15, -0.1) is 0 Å². The van der Waals surface area contributed by atoms with Crippen LogP contribution in [0.3, 0.4) is 0 Å². The Morgan fingerprint density at radius 3 is 2.72 bits per heavy atom. The van der Waals surface area contributed by atoms with Crippen LogP contribution >= 0.6 is 0 Å². The predicted octanol–water partition coefficient (Wildman–Crippen LogP) is 1.27. The Kier molecular flexibility index (Phi) is 5.34. The van der Waals surface area contributed by atoms with E-state index in [1.54, 1.807) is 4.68 Å². The van der Waals surface area contributed by atoms with E-state index in [1.165, 1.54) is 7.11 Å². The van der Waals surface area contributed by atoms with E-state index < -0.39 is 0 Å². The van der Waals surface area contributed by atoms with Crippen LogP contribution in [0.1, 0.15) is 32.0 Å². The summed E-state index contributed by atoms with van der Waals surface area (Å²) in [6.07, 6.45) is 2.88. The largest absolute Gasteiger partial charge is 0.468 e. The van der Waals surface area contributed by atoms with Crippen LogP contribution in [0.5, 0.6) is 0 Å². The number of nitrogens with one attached hydrogen (secondary N) is 1. The maximum atomic E-state index is 11.6. The second kappa shape index (κ2) is 6.54. The Labute approximate surface area is 109 Å². The minimum Gasteiger partial charge on any atom is -0.468 e. The zero-order valence-corrected chi connectivity index (χ0v) is 11.9. The van der Waals surface area contributed by atoms with Crippen LogP contribution in [0.2, 0.25) is 0 Å². The lowest BCUT2D eigenvalue weighted by Gasteiger charge is -2.19. The number of esters is 1. The monoisotopic (exact) mass is 253 g/mol. The molecular formula is C13H23N3O2. The summed E-state index contributed by atoms with van der Waals surface area (Å²) in [6, 6.07) is -0.278. The number of carbonyl (C=O) groups excluding carboxylic acids is 1. The number of methoxy groups -OCH3 is 1. The summed E-state index contributed by atoms with van der Waals surface area (Å²) < 4.78 is 6.61. The molecule has 1 heterocycles. The molecule has 18 heavy (non-hydrogen) atoms. The number of aryl methyl sites for hydroxylation is 2. The molecule has 1 atom stereocenters. The van der Waals surface area contributed by atoms with E-state index in [-0.39, 0.29) is 17.9 Å². The zero-order valence-electron chi connectivity index (χ0n) is 11.9. The molecule has 0 aliphatic heterocycles. The van der Waals surface area contributed by atoms with Crippen LogP contribution in [-0.2, 0) is 29.5 Å². The molecule has 0 bridgehead atoms. The molecule has 5 nitrogen and oxygen atoms in total. The highest BCUT2D eigenvalue weighted by Crippen LogP contribution is 2.09. The number of nitrogens with zero attached hydrogens (tertiary/aromatic N) is 2. The van der Waals surface area contributed by atoms with E-state index in [9.17, 15) is 4.79 Å². The molecule has 0 saturated heterocycles. The van der Waals surface area contributed by atoms with Crippen molar-refractivity contribution in [3.05, 3.63) is 17.5 Å². The van der Waals surface area contributed by atoms with Gasteiger partial charge in [0.1, 0.15) is 6.04 Å². The fourth-order valence-electron chi connectivity index (χ4n) is 1.97. The molecule has 5 heteroatoms. The first-order valence-corrected chi connectivity index (χ1v) is 6.32. The quantitative estimate of drug-likeness (QED) is 0.776. The molecule has 1 N–H and O–H groups in total. The molecule has 1 unspecified atom stereocenters. The van der Waals surface area contributed by atoms with Crippen molar-refractivity contribution >= 4 is 5.97 Å². The molecule has 0 spiro atoms. The van der Waals surface area contributed by atoms with Crippen molar-refractivity contribution in [1.29, 1.82) is 0 Å². The van der Waals surface area contributed by atoms with Crippen molar-refractivity contribution < 1.29 is 9.53 Å². The Balaban J connectivity index is 2.69.